The number of benzene rings is 10. The molecule has 3 heteroatoms. The van der Waals surface area contributed by atoms with E-state index in [-0.39, 0.29) is 0 Å². The molecule has 0 bridgehead atoms. The standard InChI is InChI=1S/C54H33NOS/c1-2-14-35-31-37(26-25-34(35)13-1)53-46-20-5-3-16-40(46)41-17-4-6-21-47(41)54(53)55(38-28-30-45-44-19-9-12-24-51(44)57-52(45)33-38)48-22-10-7-15-39(48)36-27-29-43-42-18-8-11-23-49(42)56-50(43)32-36/h1-33H. The van der Waals surface area contributed by atoms with E-state index in [1.807, 2.05) is 23.5 Å². The van der Waals surface area contributed by atoms with Crippen molar-refractivity contribution in [3.63, 3.8) is 0 Å². The van der Waals surface area contributed by atoms with Gasteiger partial charge in [0.05, 0.1) is 11.4 Å². The largest absolute Gasteiger partial charge is 0.456 e. The highest BCUT2D eigenvalue weighted by molar-refractivity contribution is 7.25. The van der Waals surface area contributed by atoms with Gasteiger partial charge in [0.15, 0.2) is 0 Å². The lowest BCUT2D eigenvalue weighted by molar-refractivity contribution is 0.669. The molecule has 0 aliphatic heterocycles. The molecule has 0 spiro atoms. The summed E-state index contributed by atoms with van der Waals surface area (Å²) in [4.78, 5) is 2.53. The maximum Gasteiger partial charge on any atom is 0.136 e. The Kier molecular flexibility index (Phi) is 7.13. The maximum absolute atomic E-state index is 6.47. The molecule has 0 amide bonds. The number of para-hydroxylation sites is 2. The van der Waals surface area contributed by atoms with Crippen LogP contribution in [0.3, 0.4) is 0 Å². The summed E-state index contributed by atoms with van der Waals surface area (Å²) in [6.07, 6.45) is 0. The highest BCUT2D eigenvalue weighted by atomic mass is 32.1. The van der Waals surface area contributed by atoms with Crippen LogP contribution < -0.4 is 4.90 Å². The van der Waals surface area contributed by atoms with Crippen molar-refractivity contribution in [3.05, 3.63) is 200 Å². The monoisotopic (exact) mass is 743 g/mol. The number of nitrogens with zero attached hydrogens (tertiary/aromatic N) is 1. The molecule has 0 aliphatic rings. The lowest BCUT2D eigenvalue weighted by Gasteiger charge is -2.32. The van der Waals surface area contributed by atoms with Gasteiger partial charge in [0, 0.05) is 53.1 Å². The van der Waals surface area contributed by atoms with E-state index in [1.165, 1.54) is 63.6 Å². The van der Waals surface area contributed by atoms with Crippen molar-refractivity contribution in [1.82, 2.24) is 0 Å². The smallest absolute Gasteiger partial charge is 0.136 e. The summed E-state index contributed by atoms with van der Waals surface area (Å²) in [5, 5.41) is 12.1. The van der Waals surface area contributed by atoms with Gasteiger partial charge in [0.2, 0.25) is 0 Å². The van der Waals surface area contributed by atoms with Gasteiger partial charge >= 0.3 is 0 Å². The minimum absolute atomic E-state index is 0.884. The number of anilines is 3. The number of hydrogen-bond donors (Lipinski definition) is 0. The topological polar surface area (TPSA) is 16.4 Å². The normalized spacial score (nSPS) is 11.9. The van der Waals surface area contributed by atoms with Crippen molar-refractivity contribution >= 4 is 103 Å². The predicted octanol–water partition coefficient (Wildman–Crippen LogP) is 16.2. The Morgan fingerprint density at radius 1 is 0.368 bits per heavy atom. The average Bonchev–Trinajstić information content (AvgIpc) is 3.84. The van der Waals surface area contributed by atoms with Crippen molar-refractivity contribution < 1.29 is 4.42 Å². The number of rotatable bonds is 5. The van der Waals surface area contributed by atoms with Crippen LogP contribution in [0.1, 0.15) is 0 Å². The minimum Gasteiger partial charge on any atom is -0.456 e. The van der Waals surface area contributed by atoms with E-state index < -0.39 is 0 Å². The van der Waals surface area contributed by atoms with Gasteiger partial charge in [-0.15, -0.1) is 11.3 Å². The van der Waals surface area contributed by atoms with Crippen molar-refractivity contribution in [2.75, 3.05) is 4.90 Å². The van der Waals surface area contributed by atoms with E-state index in [0.29, 0.717) is 0 Å². The zero-order valence-electron chi connectivity index (χ0n) is 30.8. The van der Waals surface area contributed by atoms with E-state index in [1.54, 1.807) is 0 Å². The van der Waals surface area contributed by atoms with Crippen molar-refractivity contribution in [1.29, 1.82) is 0 Å². The highest BCUT2D eigenvalue weighted by Crippen LogP contribution is 2.52. The summed E-state index contributed by atoms with van der Waals surface area (Å²) in [6.45, 7) is 0. The van der Waals surface area contributed by atoms with Crippen LogP contribution in [0.2, 0.25) is 0 Å². The van der Waals surface area contributed by atoms with E-state index in [0.717, 1.165) is 50.1 Å². The van der Waals surface area contributed by atoms with Crippen LogP contribution in [0.4, 0.5) is 17.1 Å². The predicted molar refractivity (Wildman–Crippen MR) is 245 cm³/mol. The van der Waals surface area contributed by atoms with Crippen LogP contribution in [0, 0.1) is 0 Å². The third kappa shape index (κ3) is 5.03. The van der Waals surface area contributed by atoms with Crippen LogP contribution in [-0.4, -0.2) is 0 Å². The zero-order chi connectivity index (χ0) is 37.5. The summed E-state index contributed by atoms with van der Waals surface area (Å²) >= 11 is 1.86. The summed E-state index contributed by atoms with van der Waals surface area (Å²) in [5.74, 6) is 0. The van der Waals surface area contributed by atoms with Gasteiger partial charge in [-0.3, -0.25) is 0 Å². The van der Waals surface area contributed by atoms with Crippen molar-refractivity contribution in [2.24, 2.45) is 0 Å². The number of thiophene rings is 1. The molecule has 10 aromatic carbocycles. The van der Waals surface area contributed by atoms with Crippen LogP contribution in [0.15, 0.2) is 205 Å². The Balaban J connectivity index is 1.21. The first-order valence-corrected chi connectivity index (χ1v) is 20.2. The summed E-state index contributed by atoms with van der Waals surface area (Å²) in [5.41, 5.74) is 9.74. The fourth-order valence-corrected chi connectivity index (χ4v) is 10.2. The van der Waals surface area contributed by atoms with Gasteiger partial charge in [-0.1, -0.05) is 152 Å². The molecule has 12 rings (SSSR count). The number of hydrogen-bond acceptors (Lipinski definition) is 3. The van der Waals surface area contributed by atoms with E-state index >= 15 is 0 Å². The number of furan rings is 1. The summed E-state index contributed by atoms with van der Waals surface area (Å²) < 4.78 is 9.02. The van der Waals surface area contributed by atoms with Gasteiger partial charge in [0.1, 0.15) is 11.2 Å². The van der Waals surface area contributed by atoms with E-state index in [4.69, 9.17) is 4.42 Å². The molecular weight excluding hydrogens is 711 g/mol. The molecule has 2 heterocycles. The second kappa shape index (κ2) is 12.7. The Labute approximate surface area is 333 Å². The molecular formula is C54H33NOS. The Bertz CT molecular complexity index is 3550. The molecule has 0 saturated carbocycles. The van der Waals surface area contributed by atoms with Gasteiger partial charge in [0.25, 0.3) is 0 Å². The molecule has 57 heavy (non-hydrogen) atoms. The molecule has 0 radical (unpaired) electrons. The van der Waals surface area contributed by atoms with Gasteiger partial charge in [-0.05, 0) is 86.6 Å². The van der Waals surface area contributed by atoms with E-state index in [9.17, 15) is 0 Å². The average molecular weight is 744 g/mol. The molecule has 2 aromatic heterocycles. The van der Waals surface area contributed by atoms with Gasteiger partial charge in [-0.25, -0.2) is 0 Å². The summed E-state index contributed by atoms with van der Waals surface area (Å²) in [6, 6.07) is 73.0. The number of fused-ring (bicyclic) bond motifs is 10. The quantitative estimate of drug-likeness (QED) is 0.163. The SMILES string of the molecule is c1ccc(N(c2ccc3c(c2)sc2ccccc23)c2c(-c3ccc4ccccc4c3)c3ccccc3c3ccccc23)c(-c2ccc3c(c2)oc2ccccc23)c1. The lowest BCUT2D eigenvalue weighted by atomic mass is 9.88. The molecule has 0 aliphatic carbocycles. The maximum atomic E-state index is 6.47. The van der Waals surface area contributed by atoms with Crippen LogP contribution in [0.25, 0.3) is 96.7 Å². The second-order valence-electron chi connectivity index (χ2n) is 14.8. The highest BCUT2D eigenvalue weighted by Gasteiger charge is 2.26. The molecule has 0 fully saturated rings. The van der Waals surface area contributed by atoms with Gasteiger partial charge < -0.3 is 9.32 Å². The fourth-order valence-electron chi connectivity index (χ4n) is 9.04. The van der Waals surface area contributed by atoms with Crippen LogP contribution in [-0.2, 0) is 0 Å². The Morgan fingerprint density at radius 3 is 1.86 bits per heavy atom. The first-order valence-electron chi connectivity index (χ1n) is 19.4. The molecule has 0 N–H and O–H groups in total. The van der Waals surface area contributed by atoms with Crippen LogP contribution >= 0.6 is 11.3 Å². The molecule has 12 aromatic rings. The molecule has 0 unspecified atom stereocenters. The Hall–Kier alpha value is -7.20. The first kappa shape index (κ1) is 32.1. The Morgan fingerprint density at radius 2 is 0.982 bits per heavy atom. The van der Waals surface area contributed by atoms with Crippen molar-refractivity contribution in [3.8, 4) is 22.3 Å². The summed E-state index contributed by atoms with van der Waals surface area (Å²) in [7, 11) is 0. The van der Waals surface area contributed by atoms with Gasteiger partial charge in [-0.2, -0.15) is 0 Å². The molecule has 0 saturated heterocycles. The second-order valence-corrected chi connectivity index (χ2v) is 15.9. The minimum atomic E-state index is 0.884. The van der Waals surface area contributed by atoms with E-state index in [2.05, 4.69) is 193 Å². The molecule has 266 valence electrons. The third-order valence-corrected chi connectivity index (χ3v) is 12.8. The zero-order valence-corrected chi connectivity index (χ0v) is 31.6. The third-order valence-electron chi connectivity index (χ3n) is 11.6. The van der Waals surface area contributed by atoms with Crippen LogP contribution in [0.5, 0.6) is 0 Å². The fraction of sp³-hybridized carbons (Fsp3) is 0. The van der Waals surface area contributed by atoms with Crippen molar-refractivity contribution in [2.45, 2.75) is 0 Å². The molecule has 2 nitrogen and oxygen atoms in total. The molecule has 0 atom stereocenters. The lowest BCUT2D eigenvalue weighted by Crippen LogP contribution is -2.13. The first-order chi connectivity index (χ1) is 28.3.